The fourth-order valence-electron chi connectivity index (χ4n) is 4.80. The van der Waals surface area contributed by atoms with Crippen LogP contribution in [-0.4, -0.2) is 71.5 Å². The van der Waals surface area contributed by atoms with Gasteiger partial charge in [-0.1, -0.05) is 30.3 Å². The summed E-state index contributed by atoms with van der Waals surface area (Å²) in [5, 5.41) is 7.65. The maximum absolute atomic E-state index is 6.40. The van der Waals surface area contributed by atoms with E-state index in [1.807, 2.05) is 18.2 Å². The Kier molecular flexibility index (Phi) is 5.32. The van der Waals surface area contributed by atoms with Crippen LogP contribution >= 0.6 is 0 Å². The third kappa shape index (κ3) is 4.12. The highest BCUT2D eigenvalue weighted by atomic mass is 16.5. The van der Waals surface area contributed by atoms with Crippen molar-refractivity contribution in [2.45, 2.75) is 18.8 Å². The first-order chi connectivity index (χ1) is 16.2. The molecule has 1 unspecified atom stereocenters. The van der Waals surface area contributed by atoms with Gasteiger partial charge in [0.2, 0.25) is 0 Å². The van der Waals surface area contributed by atoms with E-state index >= 15 is 0 Å². The molecule has 1 N–H and O–H groups in total. The minimum absolute atomic E-state index is 0.409. The molecule has 8 heteroatoms. The Balaban J connectivity index is 1.35. The lowest BCUT2D eigenvalue weighted by Crippen LogP contribution is -2.37. The first kappa shape index (κ1) is 20.4. The van der Waals surface area contributed by atoms with Crippen molar-refractivity contribution in [3.63, 3.8) is 0 Å². The molecule has 0 amide bonds. The number of nitrogens with zero attached hydrogens (tertiary/aromatic N) is 5. The Morgan fingerprint density at radius 1 is 1.06 bits per heavy atom. The summed E-state index contributed by atoms with van der Waals surface area (Å²) >= 11 is 0. The molecule has 2 aliphatic rings. The second-order valence-corrected chi connectivity index (χ2v) is 9.00. The summed E-state index contributed by atoms with van der Waals surface area (Å²) in [5.74, 6) is 3.07. The highest BCUT2D eigenvalue weighted by molar-refractivity contribution is 5.85. The molecule has 1 atom stereocenters. The molecule has 33 heavy (non-hydrogen) atoms. The molecule has 170 valence electrons. The Labute approximate surface area is 192 Å². The number of anilines is 1. The number of benzene rings is 1. The summed E-state index contributed by atoms with van der Waals surface area (Å²) in [7, 11) is 2.16. The smallest absolute Gasteiger partial charge is 0.195 e. The van der Waals surface area contributed by atoms with E-state index in [4.69, 9.17) is 19.1 Å². The zero-order chi connectivity index (χ0) is 22.2. The van der Waals surface area contributed by atoms with Crippen LogP contribution < -0.4 is 4.90 Å². The number of nitrogens with one attached hydrogen (secondary N) is 1. The van der Waals surface area contributed by atoms with E-state index in [2.05, 4.69) is 51.3 Å². The maximum Gasteiger partial charge on any atom is 0.195 e. The van der Waals surface area contributed by atoms with E-state index < -0.39 is 0 Å². The van der Waals surface area contributed by atoms with E-state index in [9.17, 15) is 0 Å². The number of hydrogen-bond acceptors (Lipinski definition) is 7. The second kappa shape index (κ2) is 8.61. The van der Waals surface area contributed by atoms with Gasteiger partial charge in [0, 0.05) is 49.3 Å². The molecule has 2 saturated heterocycles. The van der Waals surface area contributed by atoms with Gasteiger partial charge in [-0.3, -0.25) is 5.10 Å². The summed E-state index contributed by atoms with van der Waals surface area (Å²) in [6.45, 7) is 5.11. The van der Waals surface area contributed by atoms with Gasteiger partial charge in [0.1, 0.15) is 17.1 Å². The monoisotopic (exact) mass is 444 g/mol. The molecule has 1 aromatic carbocycles. The number of hydrogen-bond donors (Lipinski definition) is 1. The van der Waals surface area contributed by atoms with Gasteiger partial charge in [0.25, 0.3) is 0 Å². The molecule has 0 bridgehead atoms. The first-order valence-corrected chi connectivity index (χ1v) is 11.6. The average molecular weight is 445 g/mol. The van der Waals surface area contributed by atoms with Gasteiger partial charge >= 0.3 is 0 Å². The number of aromatic amines is 1. The van der Waals surface area contributed by atoms with Gasteiger partial charge in [-0.15, -0.1) is 0 Å². The number of furan rings is 1. The fraction of sp³-hybridized carbons (Fsp3) is 0.400. The summed E-state index contributed by atoms with van der Waals surface area (Å²) in [6, 6.07) is 14.4. The van der Waals surface area contributed by atoms with Gasteiger partial charge in [-0.05, 0) is 26.1 Å². The fourth-order valence-corrected chi connectivity index (χ4v) is 4.80. The number of H-pyrrole nitrogens is 1. The van der Waals surface area contributed by atoms with Crippen molar-refractivity contribution in [2.24, 2.45) is 0 Å². The quantitative estimate of drug-likeness (QED) is 0.505. The van der Waals surface area contributed by atoms with Crippen LogP contribution in [0.2, 0.25) is 0 Å². The highest BCUT2D eigenvalue weighted by Gasteiger charge is 2.27. The number of ether oxygens (including phenoxy) is 1. The number of fused-ring (bicyclic) bond motifs is 1. The Bertz CT molecular complexity index is 1240. The van der Waals surface area contributed by atoms with Gasteiger partial charge in [0.15, 0.2) is 11.4 Å². The minimum Gasteiger partial charge on any atom is -0.455 e. The Morgan fingerprint density at radius 2 is 1.91 bits per heavy atom. The largest absolute Gasteiger partial charge is 0.455 e. The highest BCUT2D eigenvalue weighted by Crippen LogP contribution is 2.34. The van der Waals surface area contributed by atoms with E-state index in [0.29, 0.717) is 25.6 Å². The molecule has 4 aromatic rings. The van der Waals surface area contributed by atoms with E-state index in [1.54, 1.807) is 0 Å². The SMILES string of the molecule is CN1CCC(c2cc3nc(Cc4cc(-c5ccccc5)n[nH]4)nc(N4CCOCC4)c3o2)C1. The van der Waals surface area contributed by atoms with Crippen molar-refractivity contribution >= 4 is 16.9 Å². The molecule has 5 heterocycles. The number of likely N-dealkylation sites (N-methyl/N-ethyl adjacent to an activating group) is 1. The summed E-state index contributed by atoms with van der Waals surface area (Å²) in [6.07, 6.45) is 1.69. The molecule has 6 rings (SSSR count). The van der Waals surface area contributed by atoms with Crippen molar-refractivity contribution < 1.29 is 9.15 Å². The molecule has 0 spiro atoms. The lowest BCUT2D eigenvalue weighted by molar-refractivity contribution is 0.122. The molecular weight excluding hydrogens is 416 g/mol. The van der Waals surface area contributed by atoms with Gasteiger partial charge < -0.3 is 19.0 Å². The first-order valence-electron chi connectivity index (χ1n) is 11.6. The van der Waals surface area contributed by atoms with E-state index in [1.165, 1.54) is 0 Å². The van der Waals surface area contributed by atoms with Crippen LogP contribution in [0, 0.1) is 0 Å². The van der Waals surface area contributed by atoms with Crippen LogP contribution in [0.15, 0.2) is 46.9 Å². The third-order valence-corrected chi connectivity index (χ3v) is 6.57. The van der Waals surface area contributed by atoms with Crippen LogP contribution in [0.1, 0.15) is 29.6 Å². The standard InChI is InChI=1S/C25H28N6O2/c1-30-8-7-18(16-30)22-15-21-24(33-22)25(31-9-11-32-12-10-31)27-23(26-21)14-19-13-20(29-28-19)17-5-3-2-4-6-17/h2-6,13,15,18H,7-12,14,16H2,1H3,(H,28,29). The van der Waals surface area contributed by atoms with Crippen molar-refractivity contribution in [1.82, 2.24) is 25.1 Å². The van der Waals surface area contributed by atoms with Gasteiger partial charge in [-0.2, -0.15) is 5.10 Å². The molecule has 0 saturated carbocycles. The third-order valence-electron chi connectivity index (χ3n) is 6.57. The molecule has 8 nitrogen and oxygen atoms in total. The minimum atomic E-state index is 0.409. The lowest BCUT2D eigenvalue weighted by Gasteiger charge is -2.27. The van der Waals surface area contributed by atoms with Crippen LogP contribution in [0.4, 0.5) is 5.82 Å². The number of morpholine rings is 1. The van der Waals surface area contributed by atoms with Crippen LogP contribution in [-0.2, 0) is 11.2 Å². The Hall–Kier alpha value is -3.23. The van der Waals surface area contributed by atoms with Crippen molar-refractivity contribution in [1.29, 1.82) is 0 Å². The van der Waals surface area contributed by atoms with Crippen molar-refractivity contribution in [3.05, 3.63) is 59.7 Å². The Morgan fingerprint density at radius 3 is 2.70 bits per heavy atom. The van der Waals surface area contributed by atoms with Crippen LogP contribution in [0.5, 0.6) is 0 Å². The van der Waals surface area contributed by atoms with E-state index in [0.717, 1.165) is 78.1 Å². The normalized spacial score (nSPS) is 19.5. The number of likely N-dealkylation sites (tertiary alicyclic amines) is 1. The van der Waals surface area contributed by atoms with Crippen molar-refractivity contribution in [2.75, 3.05) is 51.3 Å². The van der Waals surface area contributed by atoms with E-state index in [-0.39, 0.29) is 0 Å². The number of aromatic nitrogens is 4. The molecular formula is C25H28N6O2. The molecule has 2 fully saturated rings. The second-order valence-electron chi connectivity index (χ2n) is 9.00. The van der Waals surface area contributed by atoms with Gasteiger partial charge in [0.05, 0.1) is 18.9 Å². The van der Waals surface area contributed by atoms with Crippen molar-refractivity contribution in [3.8, 4) is 11.3 Å². The zero-order valence-electron chi connectivity index (χ0n) is 18.8. The predicted molar refractivity (Wildman–Crippen MR) is 127 cm³/mol. The lowest BCUT2D eigenvalue weighted by atomic mass is 10.1. The predicted octanol–water partition coefficient (Wildman–Crippen LogP) is 3.46. The molecule has 2 aliphatic heterocycles. The zero-order valence-corrected chi connectivity index (χ0v) is 18.8. The van der Waals surface area contributed by atoms with Crippen LogP contribution in [0.3, 0.4) is 0 Å². The van der Waals surface area contributed by atoms with Gasteiger partial charge in [-0.25, -0.2) is 9.97 Å². The molecule has 0 aliphatic carbocycles. The number of rotatable bonds is 5. The molecule has 0 radical (unpaired) electrons. The average Bonchev–Trinajstić information content (AvgIpc) is 3.59. The maximum atomic E-state index is 6.40. The molecule has 3 aromatic heterocycles. The summed E-state index contributed by atoms with van der Waals surface area (Å²) in [4.78, 5) is 14.5. The summed E-state index contributed by atoms with van der Waals surface area (Å²) in [5.41, 5.74) is 4.68. The summed E-state index contributed by atoms with van der Waals surface area (Å²) < 4.78 is 12.0. The van der Waals surface area contributed by atoms with Crippen LogP contribution in [0.25, 0.3) is 22.4 Å². The topological polar surface area (TPSA) is 83.3 Å².